The molecule has 1 heterocycles. The summed E-state index contributed by atoms with van der Waals surface area (Å²) in [6.07, 6.45) is 0.853. The summed E-state index contributed by atoms with van der Waals surface area (Å²) in [5.74, 6) is -1.45. The van der Waals surface area contributed by atoms with Crippen LogP contribution in [0, 0.1) is 11.7 Å². The van der Waals surface area contributed by atoms with Crippen LogP contribution in [0.5, 0.6) is 0 Å². The van der Waals surface area contributed by atoms with E-state index in [0.29, 0.717) is 19.4 Å². The van der Waals surface area contributed by atoms with E-state index in [-0.39, 0.29) is 41.5 Å². The smallest absolute Gasteiger partial charge is 0.223 e. The van der Waals surface area contributed by atoms with Crippen molar-refractivity contribution in [3.8, 4) is 0 Å². The molecule has 1 atom stereocenters. The highest BCUT2D eigenvalue weighted by molar-refractivity contribution is 7.88. The van der Waals surface area contributed by atoms with Gasteiger partial charge < -0.3 is 10.1 Å². The molecule has 0 aromatic heterocycles. The van der Waals surface area contributed by atoms with Gasteiger partial charge in [0.25, 0.3) is 0 Å². The number of methoxy groups -OCH3 is 1. The van der Waals surface area contributed by atoms with Gasteiger partial charge in [-0.1, -0.05) is 17.7 Å². The van der Waals surface area contributed by atoms with Crippen LogP contribution in [-0.2, 0) is 25.3 Å². The molecule has 1 N–H and O–H groups in total. The van der Waals surface area contributed by atoms with Crippen molar-refractivity contribution in [2.24, 2.45) is 5.92 Å². The summed E-state index contributed by atoms with van der Waals surface area (Å²) >= 11 is 5.93. The quantitative estimate of drug-likeness (QED) is 0.753. The van der Waals surface area contributed by atoms with Crippen molar-refractivity contribution in [2.75, 3.05) is 26.8 Å². The number of rotatable bonds is 7. The first-order valence-corrected chi connectivity index (χ1v) is 10.4. The molecule has 26 heavy (non-hydrogen) atoms. The fourth-order valence-corrected chi connectivity index (χ4v) is 4.91. The van der Waals surface area contributed by atoms with E-state index in [9.17, 15) is 17.6 Å². The van der Waals surface area contributed by atoms with Crippen molar-refractivity contribution >= 4 is 27.5 Å². The average molecular weight is 407 g/mol. The summed E-state index contributed by atoms with van der Waals surface area (Å²) in [5.41, 5.74) is -0.0255. The summed E-state index contributed by atoms with van der Waals surface area (Å²) in [7, 11) is -2.14. The lowest BCUT2D eigenvalue weighted by Crippen LogP contribution is -2.45. The van der Waals surface area contributed by atoms with Crippen molar-refractivity contribution in [1.82, 2.24) is 9.62 Å². The van der Waals surface area contributed by atoms with E-state index in [0.717, 1.165) is 0 Å². The number of benzene rings is 1. The van der Waals surface area contributed by atoms with Crippen LogP contribution in [0.25, 0.3) is 0 Å². The van der Waals surface area contributed by atoms with E-state index in [1.165, 1.54) is 22.5 Å². The van der Waals surface area contributed by atoms with Gasteiger partial charge in [0.15, 0.2) is 0 Å². The molecule has 1 aliphatic rings. The fraction of sp³-hybridized carbons (Fsp3) is 0.588. The lowest BCUT2D eigenvalue weighted by atomic mass is 9.97. The number of hydrogen-bond donors (Lipinski definition) is 1. The molecule has 0 unspecified atom stereocenters. The molecule has 1 fully saturated rings. The summed E-state index contributed by atoms with van der Waals surface area (Å²) in [6.45, 7) is 2.72. The second kappa shape index (κ2) is 9.12. The molecule has 0 radical (unpaired) electrons. The Hall–Kier alpha value is -1.22. The Morgan fingerprint density at radius 3 is 2.65 bits per heavy atom. The fourth-order valence-electron chi connectivity index (χ4n) is 2.99. The third-order valence-corrected chi connectivity index (χ3v) is 6.57. The molecule has 6 nitrogen and oxygen atoms in total. The van der Waals surface area contributed by atoms with E-state index >= 15 is 0 Å². The summed E-state index contributed by atoms with van der Waals surface area (Å²) in [5, 5.41) is 2.95. The van der Waals surface area contributed by atoms with Crippen molar-refractivity contribution < 1.29 is 22.3 Å². The van der Waals surface area contributed by atoms with E-state index in [1.807, 2.05) is 6.92 Å². The predicted octanol–water partition coefficient (Wildman–Crippen LogP) is 2.17. The number of halogens is 2. The van der Waals surface area contributed by atoms with E-state index in [1.54, 1.807) is 7.11 Å². The Kier molecular flexibility index (Phi) is 7.40. The molecule has 1 aromatic carbocycles. The zero-order chi connectivity index (χ0) is 19.3. The molecule has 0 saturated carbocycles. The first-order valence-electron chi connectivity index (χ1n) is 8.44. The van der Waals surface area contributed by atoms with Gasteiger partial charge in [-0.15, -0.1) is 0 Å². The lowest BCUT2D eigenvalue weighted by Gasteiger charge is -2.31. The highest BCUT2D eigenvalue weighted by Crippen LogP contribution is 2.26. The molecule has 1 aromatic rings. The molecular weight excluding hydrogens is 383 g/mol. The SMILES string of the molecule is COC[C@H](C)NC(=O)C1CCN(S(=O)(=O)Cc2c(F)cccc2Cl)CC1. The van der Waals surface area contributed by atoms with Crippen LogP contribution in [0.15, 0.2) is 18.2 Å². The Balaban J connectivity index is 1.95. The molecule has 1 amide bonds. The van der Waals surface area contributed by atoms with Crippen LogP contribution in [0.3, 0.4) is 0 Å². The number of amides is 1. The molecular formula is C17H24ClFN2O4S. The lowest BCUT2D eigenvalue weighted by molar-refractivity contribution is -0.127. The van der Waals surface area contributed by atoms with Crippen molar-refractivity contribution in [3.63, 3.8) is 0 Å². The summed E-state index contributed by atoms with van der Waals surface area (Å²) in [4.78, 5) is 12.2. The molecule has 0 bridgehead atoms. The average Bonchev–Trinajstić information content (AvgIpc) is 2.58. The molecule has 1 saturated heterocycles. The maximum absolute atomic E-state index is 13.9. The van der Waals surface area contributed by atoms with Gasteiger partial charge in [0.2, 0.25) is 15.9 Å². The van der Waals surface area contributed by atoms with Gasteiger partial charge in [-0.3, -0.25) is 4.79 Å². The number of carbonyl (C=O) groups is 1. The Labute approximate surface area is 158 Å². The first-order chi connectivity index (χ1) is 12.2. The van der Waals surface area contributed by atoms with Crippen molar-refractivity contribution in [2.45, 2.75) is 31.6 Å². The highest BCUT2D eigenvalue weighted by Gasteiger charge is 2.32. The second-order valence-electron chi connectivity index (χ2n) is 6.49. The Bertz CT molecular complexity index is 716. The largest absolute Gasteiger partial charge is 0.383 e. The van der Waals surface area contributed by atoms with Gasteiger partial charge in [-0.25, -0.2) is 17.1 Å². The molecule has 146 valence electrons. The highest BCUT2D eigenvalue weighted by atomic mass is 35.5. The molecule has 9 heteroatoms. The maximum atomic E-state index is 13.9. The van der Waals surface area contributed by atoms with E-state index in [4.69, 9.17) is 16.3 Å². The third-order valence-electron chi connectivity index (χ3n) is 4.41. The van der Waals surface area contributed by atoms with Crippen LogP contribution < -0.4 is 5.32 Å². The molecule has 1 aliphatic heterocycles. The summed E-state index contributed by atoms with van der Waals surface area (Å²) in [6, 6.07) is 3.99. The minimum atomic E-state index is -3.71. The molecule has 0 aliphatic carbocycles. The minimum Gasteiger partial charge on any atom is -0.383 e. The first kappa shape index (κ1) is 21.1. The van der Waals surface area contributed by atoms with Crippen LogP contribution in [-0.4, -0.2) is 51.5 Å². The van der Waals surface area contributed by atoms with Gasteiger partial charge in [0, 0.05) is 42.7 Å². The third kappa shape index (κ3) is 5.39. The Morgan fingerprint density at radius 2 is 2.08 bits per heavy atom. The predicted molar refractivity (Wildman–Crippen MR) is 97.8 cm³/mol. The topological polar surface area (TPSA) is 75.7 Å². The van der Waals surface area contributed by atoms with Gasteiger partial charge in [0.05, 0.1) is 12.4 Å². The van der Waals surface area contributed by atoms with Gasteiger partial charge in [0.1, 0.15) is 5.82 Å². The van der Waals surface area contributed by atoms with Crippen LogP contribution in [0.2, 0.25) is 5.02 Å². The summed E-state index contributed by atoms with van der Waals surface area (Å²) < 4.78 is 45.3. The van der Waals surface area contributed by atoms with E-state index < -0.39 is 21.6 Å². The van der Waals surface area contributed by atoms with Crippen LogP contribution in [0.1, 0.15) is 25.3 Å². The van der Waals surface area contributed by atoms with Gasteiger partial charge in [-0.05, 0) is 31.9 Å². The normalized spacial score (nSPS) is 17.8. The molecule has 2 rings (SSSR count). The van der Waals surface area contributed by atoms with Crippen molar-refractivity contribution in [3.05, 3.63) is 34.6 Å². The number of hydrogen-bond acceptors (Lipinski definition) is 4. The number of sulfonamides is 1. The maximum Gasteiger partial charge on any atom is 0.223 e. The van der Waals surface area contributed by atoms with Gasteiger partial charge >= 0.3 is 0 Å². The number of nitrogens with zero attached hydrogens (tertiary/aromatic N) is 1. The second-order valence-corrected chi connectivity index (χ2v) is 8.87. The monoisotopic (exact) mass is 406 g/mol. The standard InChI is InChI=1S/C17H24ClFN2O4S/c1-12(10-25-2)20-17(22)13-6-8-21(9-7-13)26(23,24)11-14-15(18)4-3-5-16(14)19/h3-5,12-13H,6-11H2,1-2H3,(H,20,22)/t12-/m0/s1. The van der Waals surface area contributed by atoms with Crippen LogP contribution >= 0.6 is 11.6 Å². The van der Waals surface area contributed by atoms with Crippen LogP contribution in [0.4, 0.5) is 4.39 Å². The number of carbonyl (C=O) groups excluding carboxylic acids is 1. The minimum absolute atomic E-state index is 0.0255. The van der Waals surface area contributed by atoms with Crippen molar-refractivity contribution in [1.29, 1.82) is 0 Å². The zero-order valence-corrected chi connectivity index (χ0v) is 16.4. The number of ether oxygens (including phenoxy) is 1. The number of nitrogens with one attached hydrogen (secondary N) is 1. The molecule has 0 spiro atoms. The zero-order valence-electron chi connectivity index (χ0n) is 14.9. The van der Waals surface area contributed by atoms with Gasteiger partial charge in [-0.2, -0.15) is 0 Å². The number of piperidine rings is 1. The Morgan fingerprint density at radius 1 is 1.42 bits per heavy atom. The van der Waals surface area contributed by atoms with E-state index in [2.05, 4.69) is 5.32 Å².